The average molecular weight is 979 g/mol. The molecule has 0 bridgehead atoms. The summed E-state index contributed by atoms with van der Waals surface area (Å²) in [6.45, 7) is 14.6. The van der Waals surface area contributed by atoms with Crippen molar-refractivity contribution in [3.8, 4) is 39.1 Å². The number of hydrogen-bond donors (Lipinski definition) is 1. The lowest BCUT2D eigenvalue weighted by Gasteiger charge is -2.17. The zero-order chi connectivity index (χ0) is 52.1. The van der Waals surface area contributed by atoms with E-state index in [2.05, 4.69) is 279 Å². The molecule has 11 aromatic carbocycles. The SMILES string of the molecule is C/C=C\c1ccccc1CC.C=C/C=C(\C=C(/C)c1ccc2ccccc2c1Nc1ccc2ccccc2c1)c1ccc2c(c1)c1ccccc1n2-c1ccc(-c2ccc3c(c2)-c2cccc4cccc-3c24)cc1.CC. The van der Waals surface area contributed by atoms with Crippen molar-refractivity contribution >= 4 is 82.7 Å². The Hall–Kier alpha value is -9.24. The number of allylic oxidation sites excluding steroid dienone is 6. The quantitative estimate of drug-likeness (QED) is 0.135. The van der Waals surface area contributed by atoms with E-state index in [-0.39, 0.29) is 0 Å². The van der Waals surface area contributed by atoms with Gasteiger partial charge in [0.15, 0.2) is 0 Å². The molecule has 1 heterocycles. The lowest BCUT2D eigenvalue weighted by molar-refractivity contribution is 1.13. The lowest BCUT2D eigenvalue weighted by atomic mass is 9.95. The molecule has 368 valence electrons. The predicted octanol–water partition coefficient (Wildman–Crippen LogP) is 21.3. The van der Waals surface area contributed by atoms with Gasteiger partial charge in [0.1, 0.15) is 0 Å². The first-order valence-corrected chi connectivity index (χ1v) is 26.8. The highest BCUT2D eigenvalue weighted by Crippen LogP contribution is 2.48. The highest BCUT2D eigenvalue weighted by molar-refractivity contribution is 6.16. The van der Waals surface area contributed by atoms with Crippen LogP contribution >= 0.6 is 0 Å². The molecule has 76 heavy (non-hydrogen) atoms. The number of anilines is 2. The number of hydrogen-bond acceptors (Lipinski definition) is 1. The second-order valence-corrected chi connectivity index (χ2v) is 19.2. The predicted molar refractivity (Wildman–Crippen MR) is 333 cm³/mol. The van der Waals surface area contributed by atoms with E-state index < -0.39 is 0 Å². The summed E-state index contributed by atoms with van der Waals surface area (Å²) in [7, 11) is 0. The molecule has 0 saturated carbocycles. The van der Waals surface area contributed by atoms with Crippen LogP contribution < -0.4 is 5.32 Å². The van der Waals surface area contributed by atoms with Crippen LogP contribution in [0.15, 0.2) is 255 Å². The molecule has 1 aliphatic carbocycles. The Bertz CT molecular complexity index is 4230. The Morgan fingerprint density at radius 1 is 0.526 bits per heavy atom. The van der Waals surface area contributed by atoms with E-state index in [0.29, 0.717) is 0 Å². The number of benzene rings is 11. The highest BCUT2D eigenvalue weighted by atomic mass is 15.0. The molecule has 2 heteroatoms. The molecule has 0 atom stereocenters. The molecular formula is C74H62N2. The summed E-state index contributed by atoms with van der Waals surface area (Å²) >= 11 is 0. The third-order valence-corrected chi connectivity index (χ3v) is 14.8. The van der Waals surface area contributed by atoms with Crippen LogP contribution in [0.25, 0.3) is 110 Å². The van der Waals surface area contributed by atoms with Gasteiger partial charge in [-0.2, -0.15) is 0 Å². The fourth-order valence-corrected chi connectivity index (χ4v) is 11.2. The summed E-state index contributed by atoms with van der Waals surface area (Å²) in [5.74, 6) is 0. The van der Waals surface area contributed by atoms with Gasteiger partial charge < -0.3 is 9.88 Å². The maximum absolute atomic E-state index is 4.14. The van der Waals surface area contributed by atoms with Crippen LogP contribution in [-0.4, -0.2) is 4.57 Å². The zero-order valence-corrected chi connectivity index (χ0v) is 44.1. The Morgan fingerprint density at radius 2 is 1.18 bits per heavy atom. The van der Waals surface area contributed by atoms with Gasteiger partial charge in [-0.15, -0.1) is 0 Å². The summed E-state index contributed by atoms with van der Waals surface area (Å²) in [6.07, 6.45) is 11.7. The molecule has 1 N–H and O–H groups in total. The van der Waals surface area contributed by atoms with Crippen molar-refractivity contribution in [2.24, 2.45) is 0 Å². The van der Waals surface area contributed by atoms with Crippen molar-refractivity contribution in [1.29, 1.82) is 0 Å². The molecule has 1 aliphatic rings. The van der Waals surface area contributed by atoms with Crippen molar-refractivity contribution in [3.63, 3.8) is 0 Å². The maximum Gasteiger partial charge on any atom is 0.0541 e. The monoisotopic (exact) mass is 978 g/mol. The number of para-hydroxylation sites is 1. The van der Waals surface area contributed by atoms with Crippen molar-refractivity contribution in [3.05, 3.63) is 278 Å². The number of nitrogens with zero attached hydrogens (tertiary/aromatic N) is 1. The van der Waals surface area contributed by atoms with E-state index in [9.17, 15) is 0 Å². The largest absolute Gasteiger partial charge is 0.355 e. The lowest BCUT2D eigenvalue weighted by Crippen LogP contribution is -1.97. The van der Waals surface area contributed by atoms with E-state index in [1.807, 2.05) is 26.8 Å². The van der Waals surface area contributed by atoms with Crippen LogP contribution in [0.4, 0.5) is 11.4 Å². The van der Waals surface area contributed by atoms with Gasteiger partial charge in [0.25, 0.3) is 0 Å². The van der Waals surface area contributed by atoms with Crippen LogP contribution in [0.1, 0.15) is 56.9 Å². The molecule has 0 unspecified atom stereocenters. The molecule has 0 spiro atoms. The minimum absolute atomic E-state index is 1.06. The standard InChI is InChI=1S/C61H42N2.C11H14.C2H6/c1-3-12-44(35-39(2)50-32-26-42-14-6-7-18-51(42)61(50)62-48-29-23-40-13-4-5-15-45(40)36-48)47-28-34-59-57(38-47)53-19-8-9-22-58(53)63(59)49-30-24-41(25-31-49)46-27-33-52-54-20-10-16-43-17-11-21-55(60(43)54)56(52)37-46;1-3-7-11-9-6-5-8-10(11)4-2;1-2/h3-38,62H,1H2,2H3;3,5-9H,4H2,1-2H3;1-2H3/b39-35+,44-12+;7-3-;. The average Bonchev–Trinajstić information content (AvgIpc) is 4.06. The van der Waals surface area contributed by atoms with Crippen LogP contribution in [-0.2, 0) is 6.42 Å². The number of fused-ring (bicyclic) bond motifs is 8. The first-order chi connectivity index (χ1) is 37.5. The third-order valence-electron chi connectivity index (χ3n) is 14.8. The molecule has 12 aromatic rings. The summed E-state index contributed by atoms with van der Waals surface area (Å²) in [4.78, 5) is 0. The van der Waals surface area contributed by atoms with Gasteiger partial charge >= 0.3 is 0 Å². The molecule has 0 amide bonds. The number of aromatic nitrogens is 1. The second-order valence-electron chi connectivity index (χ2n) is 19.2. The van der Waals surface area contributed by atoms with Crippen LogP contribution in [0.5, 0.6) is 0 Å². The molecule has 2 nitrogen and oxygen atoms in total. The summed E-state index contributed by atoms with van der Waals surface area (Å²) < 4.78 is 2.40. The molecule has 0 saturated heterocycles. The topological polar surface area (TPSA) is 17.0 Å². The smallest absolute Gasteiger partial charge is 0.0541 e. The Balaban J connectivity index is 0.000000421. The van der Waals surface area contributed by atoms with E-state index in [0.717, 1.165) is 45.8 Å². The van der Waals surface area contributed by atoms with E-state index in [4.69, 9.17) is 0 Å². The van der Waals surface area contributed by atoms with Crippen molar-refractivity contribution in [1.82, 2.24) is 4.57 Å². The number of rotatable bonds is 10. The van der Waals surface area contributed by atoms with Gasteiger partial charge in [0.05, 0.1) is 16.7 Å². The van der Waals surface area contributed by atoms with Crippen molar-refractivity contribution in [2.45, 2.75) is 41.0 Å². The first kappa shape index (κ1) is 49.0. The van der Waals surface area contributed by atoms with Gasteiger partial charge in [0.2, 0.25) is 0 Å². The molecule has 0 aliphatic heterocycles. The maximum atomic E-state index is 4.14. The fourth-order valence-electron chi connectivity index (χ4n) is 11.2. The zero-order valence-electron chi connectivity index (χ0n) is 44.1. The first-order valence-electron chi connectivity index (χ1n) is 26.8. The molecule has 1 aromatic heterocycles. The molecule has 0 radical (unpaired) electrons. The van der Waals surface area contributed by atoms with Crippen LogP contribution in [0.2, 0.25) is 0 Å². The summed E-state index contributed by atoms with van der Waals surface area (Å²) in [6, 6.07) is 81.6. The van der Waals surface area contributed by atoms with E-state index >= 15 is 0 Å². The Kier molecular flexibility index (Phi) is 14.0. The van der Waals surface area contributed by atoms with Crippen molar-refractivity contribution < 1.29 is 0 Å². The molecular weight excluding hydrogens is 917 g/mol. The Labute approximate surface area is 448 Å². The fraction of sp³-hybridized carbons (Fsp3) is 0.0811. The number of aryl methyl sites for hydroxylation is 1. The van der Waals surface area contributed by atoms with Gasteiger partial charge in [-0.25, -0.2) is 0 Å². The molecule has 13 rings (SSSR count). The number of nitrogens with one attached hydrogen (secondary N) is 1. The minimum Gasteiger partial charge on any atom is -0.355 e. The molecule has 0 fully saturated rings. The van der Waals surface area contributed by atoms with Gasteiger partial charge in [-0.05, 0) is 157 Å². The van der Waals surface area contributed by atoms with Crippen LogP contribution in [0, 0.1) is 0 Å². The van der Waals surface area contributed by atoms with Crippen molar-refractivity contribution in [2.75, 3.05) is 5.32 Å². The third kappa shape index (κ3) is 9.24. The Morgan fingerprint density at radius 3 is 1.96 bits per heavy atom. The van der Waals surface area contributed by atoms with E-state index in [1.165, 1.54) is 98.6 Å². The second kappa shape index (κ2) is 21.7. The van der Waals surface area contributed by atoms with Gasteiger partial charge in [0, 0.05) is 33.1 Å². The summed E-state index contributed by atoms with van der Waals surface area (Å²) in [5, 5.41) is 13.8. The van der Waals surface area contributed by atoms with Gasteiger partial charge in [-0.1, -0.05) is 234 Å². The van der Waals surface area contributed by atoms with E-state index in [1.54, 1.807) is 0 Å². The summed E-state index contributed by atoms with van der Waals surface area (Å²) in [5.41, 5.74) is 20.7. The normalized spacial score (nSPS) is 12.0. The van der Waals surface area contributed by atoms with Gasteiger partial charge in [-0.3, -0.25) is 0 Å². The highest BCUT2D eigenvalue weighted by Gasteiger charge is 2.22. The van der Waals surface area contributed by atoms with Crippen LogP contribution in [0.3, 0.4) is 0 Å². The minimum atomic E-state index is 1.06.